The minimum atomic E-state index is -0.0523. The highest BCUT2D eigenvalue weighted by Gasteiger charge is 2.47. The van der Waals surface area contributed by atoms with Crippen molar-refractivity contribution in [1.82, 2.24) is 4.98 Å². The molecule has 1 aromatic rings. The van der Waals surface area contributed by atoms with Gasteiger partial charge in [-0.05, 0) is 22.0 Å². The highest BCUT2D eigenvalue weighted by Crippen LogP contribution is 2.47. The van der Waals surface area contributed by atoms with E-state index in [0.717, 1.165) is 35.6 Å². The number of nitrogens with zero attached hydrogens (tertiary/aromatic N) is 2. The average molecular weight is 312 g/mol. The summed E-state index contributed by atoms with van der Waals surface area (Å²) in [5.41, 5.74) is 8.55. The van der Waals surface area contributed by atoms with Crippen molar-refractivity contribution < 1.29 is 4.74 Å². The van der Waals surface area contributed by atoms with E-state index < -0.39 is 0 Å². The van der Waals surface area contributed by atoms with Gasteiger partial charge in [-0.15, -0.1) is 0 Å². The zero-order chi connectivity index (χ0) is 12.9. The van der Waals surface area contributed by atoms with E-state index in [-0.39, 0.29) is 11.5 Å². The first-order valence-electron chi connectivity index (χ1n) is 6.27. The van der Waals surface area contributed by atoms with Crippen LogP contribution in [0.5, 0.6) is 0 Å². The Bertz CT molecular complexity index is 477. The lowest BCUT2D eigenvalue weighted by Gasteiger charge is -2.52. The molecule has 2 aliphatic rings. The van der Waals surface area contributed by atoms with Crippen molar-refractivity contribution >= 4 is 21.6 Å². The largest absolute Gasteiger partial charge is 0.377 e. The van der Waals surface area contributed by atoms with Gasteiger partial charge in [-0.1, -0.05) is 13.8 Å². The lowest BCUT2D eigenvalue weighted by molar-refractivity contribution is 0.0374. The van der Waals surface area contributed by atoms with Crippen molar-refractivity contribution in [1.29, 1.82) is 0 Å². The van der Waals surface area contributed by atoms with Crippen molar-refractivity contribution in [2.45, 2.75) is 25.9 Å². The highest BCUT2D eigenvalue weighted by molar-refractivity contribution is 9.10. The second kappa shape index (κ2) is 4.18. The number of rotatable bonds is 0. The van der Waals surface area contributed by atoms with Crippen molar-refractivity contribution in [2.24, 2.45) is 11.1 Å². The van der Waals surface area contributed by atoms with Gasteiger partial charge in [0.25, 0.3) is 0 Å². The molecule has 5 heteroatoms. The Morgan fingerprint density at radius 3 is 3.11 bits per heavy atom. The van der Waals surface area contributed by atoms with E-state index in [1.165, 1.54) is 0 Å². The number of pyridine rings is 1. The van der Waals surface area contributed by atoms with Crippen molar-refractivity contribution in [3.8, 4) is 0 Å². The Kier molecular flexibility index (Phi) is 2.88. The van der Waals surface area contributed by atoms with Crippen LogP contribution >= 0.6 is 15.9 Å². The van der Waals surface area contributed by atoms with E-state index in [1.54, 1.807) is 0 Å². The van der Waals surface area contributed by atoms with Crippen LogP contribution in [0.2, 0.25) is 0 Å². The summed E-state index contributed by atoms with van der Waals surface area (Å²) >= 11 is 3.49. The van der Waals surface area contributed by atoms with E-state index >= 15 is 0 Å². The van der Waals surface area contributed by atoms with Gasteiger partial charge in [0.2, 0.25) is 0 Å². The Labute approximate surface area is 116 Å². The van der Waals surface area contributed by atoms with Crippen LogP contribution in [0.3, 0.4) is 0 Å². The van der Waals surface area contributed by atoms with Gasteiger partial charge in [-0.25, -0.2) is 0 Å². The maximum atomic E-state index is 6.42. The van der Waals surface area contributed by atoms with Crippen molar-refractivity contribution in [3.63, 3.8) is 0 Å². The topological polar surface area (TPSA) is 51.4 Å². The van der Waals surface area contributed by atoms with Gasteiger partial charge >= 0.3 is 0 Å². The molecule has 2 aliphatic heterocycles. The first-order chi connectivity index (χ1) is 8.51. The fourth-order valence-electron chi connectivity index (χ4n) is 2.98. The summed E-state index contributed by atoms with van der Waals surface area (Å²) in [6.45, 7) is 6.83. The summed E-state index contributed by atoms with van der Waals surface area (Å²) in [5, 5.41) is 0. The van der Waals surface area contributed by atoms with Gasteiger partial charge in [0, 0.05) is 22.6 Å². The Hall–Kier alpha value is -0.650. The van der Waals surface area contributed by atoms with Crippen LogP contribution in [-0.2, 0) is 4.74 Å². The molecule has 1 aromatic heterocycles. The predicted octanol–water partition coefficient (Wildman–Crippen LogP) is 2.09. The third-order valence-corrected chi connectivity index (χ3v) is 4.69. The number of anilines is 1. The summed E-state index contributed by atoms with van der Waals surface area (Å²) < 4.78 is 6.64. The molecule has 3 rings (SSSR count). The molecule has 4 nitrogen and oxygen atoms in total. The number of morpholine rings is 1. The zero-order valence-electron chi connectivity index (χ0n) is 10.7. The number of ether oxygens (including phenoxy) is 1. The van der Waals surface area contributed by atoms with Crippen molar-refractivity contribution in [3.05, 3.63) is 22.4 Å². The van der Waals surface area contributed by atoms with Crippen LogP contribution in [0.1, 0.15) is 25.6 Å². The van der Waals surface area contributed by atoms with Gasteiger partial charge in [-0.2, -0.15) is 0 Å². The molecule has 2 unspecified atom stereocenters. The number of hydrogen-bond donors (Lipinski definition) is 1. The van der Waals surface area contributed by atoms with Gasteiger partial charge in [-0.3, -0.25) is 4.98 Å². The minimum Gasteiger partial charge on any atom is -0.377 e. The summed E-state index contributed by atoms with van der Waals surface area (Å²) in [5.74, 6) is 0. The lowest BCUT2D eigenvalue weighted by atomic mass is 9.72. The predicted molar refractivity (Wildman–Crippen MR) is 74.6 cm³/mol. The molecule has 0 radical (unpaired) electrons. The fraction of sp³-hybridized carbons (Fsp3) is 0.615. The third-order valence-electron chi connectivity index (χ3n) is 4.26. The van der Waals surface area contributed by atoms with Gasteiger partial charge in [0.1, 0.15) is 0 Å². The molecule has 1 saturated heterocycles. The Morgan fingerprint density at radius 1 is 1.56 bits per heavy atom. The van der Waals surface area contributed by atoms with Crippen LogP contribution in [0.4, 0.5) is 5.69 Å². The molecule has 98 valence electrons. The van der Waals surface area contributed by atoms with Gasteiger partial charge in [0.15, 0.2) is 0 Å². The molecule has 0 aliphatic carbocycles. The van der Waals surface area contributed by atoms with Crippen LogP contribution in [-0.4, -0.2) is 30.8 Å². The summed E-state index contributed by atoms with van der Waals surface area (Å²) in [7, 11) is 0. The van der Waals surface area contributed by atoms with Crippen LogP contribution in [0.25, 0.3) is 0 Å². The van der Waals surface area contributed by atoms with Crippen LogP contribution < -0.4 is 10.6 Å². The number of nitrogens with two attached hydrogens (primary N) is 1. The Balaban J connectivity index is 2.15. The van der Waals surface area contributed by atoms with Crippen LogP contribution in [0, 0.1) is 5.41 Å². The average Bonchev–Trinajstić information content (AvgIpc) is 2.36. The van der Waals surface area contributed by atoms with Crippen molar-refractivity contribution in [2.75, 3.05) is 24.7 Å². The molecular formula is C13H18BrN3O. The van der Waals surface area contributed by atoms with Gasteiger partial charge < -0.3 is 15.4 Å². The standard InChI is InChI=1S/C13H18BrN3O/c1-13(2)10-7-18-4-3-17(10)9-5-8(14)6-16-11(9)12(13)15/h5-6,10,12H,3-4,7,15H2,1-2H3. The molecule has 1 fully saturated rings. The molecule has 3 heterocycles. The normalized spacial score (nSPS) is 29.7. The number of aromatic nitrogens is 1. The Morgan fingerprint density at radius 2 is 2.33 bits per heavy atom. The highest BCUT2D eigenvalue weighted by atomic mass is 79.9. The smallest absolute Gasteiger partial charge is 0.0811 e. The first-order valence-corrected chi connectivity index (χ1v) is 7.06. The van der Waals surface area contributed by atoms with Gasteiger partial charge in [0.05, 0.1) is 36.7 Å². The second-order valence-corrected chi connectivity index (χ2v) is 6.56. The molecule has 0 amide bonds. The molecule has 2 N–H and O–H groups in total. The first kappa shape index (κ1) is 12.4. The minimum absolute atomic E-state index is 0.0335. The SMILES string of the molecule is CC1(C)C(N)c2ncc(Br)cc2N2CCOCC21. The monoisotopic (exact) mass is 311 g/mol. The molecule has 2 atom stereocenters. The quantitative estimate of drug-likeness (QED) is 0.797. The van der Waals surface area contributed by atoms with E-state index in [2.05, 4.69) is 45.7 Å². The maximum absolute atomic E-state index is 6.42. The molecule has 0 saturated carbocycles. The van der Waals surface area contributed by atoms with E-state index in [9.17, 15) is 0 Å². The number of fused-ring (bicyclic) bond motifs is 3. The lowest BCUT2D eigenvalue weighted by Crippen LogP contribution is -2.59. The van der Waals surface area contributed by atoms with E-state index in [1.807, 2.05) is 6.20 Å². The third kappa shape index (κ3) is 1.68. The molecule has 0 aromatic carbocycles. The summed E-state index contributed by atoms with van der Waals surface area (Å²) in [6.07, 6.45) is 1.83. The summed E-state index contributed by atoms with van der Waals surface area (Å²) in [6, 6.07) is 2.39. The molecule has 0 bridgehead atoms. The van der Waals surface area contributed by atoms with E-state index in [4.69, 9.17) is 10.5 Å². The zero-order valence-corrected chi connectivity index (χ0v) is 12.3. The molecule has 0 spiro atoms. The maximum Gasteiger partial charge on any atom is 0.0811 e. The molecule has 18 heavy (non-hydrogen) atoms. The number of hydrogen-bond acceptors (Lipinski definition) is 4. The van der Waals surface area contributed by atoms with Crippen LogP contribution in [0.15, 0.2) is 16.7 Å². The van der Waals surface area contributed by atoms with E-state index in [0.29, 0.717) is 6.04 Å². The summed E-state index contributed by atoms with van der Waals surface area (Å²) in [4.78, 5) is 6.93. The fourth-order valence-corrected chi connectivity index (χ4v) is 3.30. The molecular weight excluding hydrogens is 294 g/mol. The second-order valence-electron chi connectivity index (χ2n) is 5.64. The number of halogens is 1.